The Balaban J connectivity index is 2.40. The Labute approximate surface area is 89.0 Å². The molecular weight excluding hydrogens is 188 g/mol. The van der Waals surface area contributed by atoms with Gasteiger partial charge in [-0.2, -0.15) is 0 Å². The largest absolute Gasteiger partial charge is 0.316 e. The average Bonchev–Trinajstić information content (AvgIpc) is 2.70. The van der Waals surface area contributed by atoms with E-state index in [1.807, 2.05) is 24.7 Å². The minimum Gasteiger partial charge on any atom is -0.316 e. The highest BCUT2D eigenvalue weighted by Gasteiger charge is 2.01. The molecule has 0 bridgehead atoms. The van der Waals surface area contributed by atoms with Crippen LogP contribution in [0.2, 0.25) is 0 Å². The Morgan fingerprint density at radius 3 is 2.93 bits per heavy atom. The third kappa shape index (κ3) is 2.22. The van der Waals surface area contributed by atoms with Crippen LogP contribution in [0, 0.1) is 6.92 Å². The SMILES string of the molecule is CNCc1cc(C)nc(-n2ccnc2)c1. The summed E-state index contributed by atoms with van der Waals surface area (Å²) in [6.07, 6.45) is 5.40. The predicted octanol–water partition coefficient (Wildman–Crippen LogP) is 1.30. The van der Waals surface area contributed by atoms with E-state index >= 15 is 0 Å². The van der Waals surface area contributed by atoms with Crippen molar-refractivity contribution in [1.82, 2.24) is 19.9 Å². The molecule has 4 heteroatoms. The zero-order chi connectivity index (χ0) is 10.7. The molecule has 4 nitrogen and oxygen atoms in total. The maximum Gasteiger partial charge on any atom is 0.138 e. The zero-order valence-corrected chi connectivity index (χ0v) is 8.94. The van der Waals surface area contributed by atoms with Crippen LogP contribution in [0.15, 0.2) is 30.9 Å². The molecule has 2 aromatic heterocycles. The quantitative estimate of drug-likeness (QED) is 0.815. The number of rotatable bonds is 3. The lowest BCUT2D eigenvalue weighted by Gasteiger charge is -2.06. The predicted molar refractivity (Wildman–Crippen MR) is 58.9 cm³/mol. The van der Waals surface area contributed by atoms with Gasteiger partial charge in [-0.25, -0.2) is 9.97 Å². The van der Waals surface area contributed by atoms with Crippen molar-refractivity contribution in [3.05, 3.63) is 42.1 Å². The zero-order valence-electron chi connectivity index (χ0n) is 8.94. The monoisotopic (exact) mass is 202 g/mol. The van der Waals surface area contributed by atoms with Gasteiger partial charge in [-0.15, -0.1) is 0 Å². The summed E-state index contributed by atoms with van der Waals surface area (Å²) in [5.74, 6) is 0.915. The van der Waals surface area contributed by atoms with E-state index in [2.05, 4.69) is 27.4 Å². The van der Waals surface area contributed by atoms with E-state index in [0.717, 1.165) is 18.1 Å². The Hall–Kier alpha value is -1.68. The molecule has 0 radical (unpaired) electrons. The highest BCUT2D eigenvalue weighted by atomic mass is 15.1. The van der Waals surface area contributed by atoms with Crippen LogP contribution in [0.1, 0.15) is 11.3 Å². The molecule has 2 aromatic rings. The molecule has 0 aliphatic carbocycles. The molecule has 2 heterocycles. The molecule has 1 N–H and O–H groups in total. The fraction of sp³-hybridized carbons (Fsp3) is 0.273. The van der Waals surface area contributed by atoms with Gasteiger partial charge >= 0.3 is 0 Å². The fourth-order valence-electron chi connectivity index (χ4n) is 1.55. The summed E-state index contributed by atoms with van der Waals surface area (Å²) in [5.41, 5.74) is 2.25. The highest BCUT2D eigenvalue weighted by molar-refractivity contribution is 5.30. The summed E-state index contributed by atoms with van der Waals surface area (Å²) in [4.78, 5) is 8.46. The molecule has 2 rings (SSSR count). The fourth-order valence-corrected chi connectivity index (χ4v) is 1.55. The maximum atomic E-state index is 4.45. The molecule has 0 saturated heterocycles. The van der Waals surface area contributed by atoms with Crippen molar-refractivity contribution in [2.75, 3.05) is 7.05 Å². The van der Waals surface area contributed by atoms with E-state index in [1.54, 1.807) is 12.5 Å². The van der Waals surface area contributed by atoms with Gasteiger partial charge in [-0.3, -0.25) is 4.57 Å². The molecule has 0 aliphatic rings. The Morgan fingerprint density at radius 1 is 1.40 bits per heavy atom. The molecule has 0 amide bonds. The van der Waals surface area contributed by atoms with Crippen LogP contribution in [0.25, 0.3) is 5.82 Å². The number of aromatic nitrogens is 3. The molecule has 0 aromatic carbocycles. The first-order valence-electron chi connectivity index (χ1n) is 4.90. The van der Waals surface area contributed by atoms with Gasteiger partial charge in [0.05, 0.1) is 0 Å². The van der Waals surface area contributed by atoms with Gasteiger partial charge in [0.25, 0.3) is 0 Å². The van der Waals surface area contributed by atoms with Crippen LogP contribution in [0.3, 0.4) is 0 Å². The van der Waals surface area contributed by atoms with Gasteiger partial charge in [0.15, 0.2) is 0 Å². The number of imidazole rings is 1. The van der Waals surface area contributed by atoms with Crippen molar-refractivity contribution in [3.8, 4) is 5.82 Å². The molecule has 0 aliphatic heterocycles. The van der Waals surface area contributed by atoms with E-state index < -0.39 is 0 Å². The summed E-state index contributed by atoms with van der Waals surface area (Å²) < 4.78 is 1.91. The number of hydrogen-bond acceptors (Lipinski definition) is 3. The van der Waals surface area contributed by atoms with Crippen LogP contribution < -0.4 is 5.32 Å². The van der Waals surface area contributed by atoms with Crippen molar-refractivity contribution in [1.29, 1.82) is 0 Å². The Morgan fingerprint density at radius 2 is 2.27 bits per heavy atom. The molecule has 0 saturated carbocycles. The molecular formula is C11H14N4. The van der Waals surface area contributed by atoms with Crippen molar-refractivity contribution in [3.63, 3.8) is 0 Å². The van der Waals surface area contributed by atoms with Gasteiger partial charge in [-0.05, 0) is 31.7 Å². The van der Waals surface area contributed by atoms with Crippen molar-refractivity contribution >= 4 is 0 Å². The first kappa shape index (κ1) is 9.86. The summed E-state index contributed by atoms with van der Waals surface area (Å²) >= 11 is 0. The third-order valence-electron chi connectivity index (χ3n) is 2.15. The molecule has 15 heavy (non-hydrogen) atoms. The van der Waals surface area contributed by atoms with E-state index in [-0.39, 0.29) is 0 Å². The molecule has 0 unspecified atom stereocenters. The summed E-state index contributed by atoms with van der Waals surface area (Å²) in [6.45, 7) is 2.85. The van der Waals surface area contributed by atoms with Crippen LogP contribution in [0.5, 0.6) is 0 Å². The van der Waals surface area contributed by atoms with Gasteiger partial charge < -0.3 is 5.32 Å². The Kier molecular flexibility index (Phi) is 2.78. The second-order valence-electron chi connectivity index (χ2n) is 3.48. The maximum absolute atomic E-state index is 4.45. The van der Waals surface area contributed by atoms with E-state index in [4.69, 9.17) is 0 Å². The second-order valence-corrected chi connectivity index (χ2v) is 3.48. The van der Waals surface area contributed by atoms with Crippen LogP contribution in [-0.2, 0) is 6.54 Å². The lowest BCUT2D eigenvalue weighted by Crippen LogP contribution is -2.07. The standard InChI is InChI=1S/C11H14N4/c1-9-5-10(7-12-2)6-11(14-9)15-4-3-13-8-15/h3-6,8,12H,7H2,1-2H3. The number of pyridine rings is 1. The normalized spacial score (nSPS) is 10.5. The Bertz CT molecular complexity index is 434. The lowest BCUT2D eigenvalue weighted by molar-refractivity contribution is 0.810. The highest BCUT2D eigenvalue weighted by Crippen LogP contribution is 2.09. The summed E-state index contributed by atoms with van der Waals surface area (Å²) in [7, 11) is 1.94. The molecule has 0 spiro atoms. The summed E-state index contributed by atoms with van der Waals surface area (Å²) in [5, 5.41) is 3.13. The van der Waals surface area contributed by atoms with E-state index in [0.29, 0.717) is 0 Å². The van der Waals surface area contributed by atoms with Crippen molar-refractivity contribution in [2.45, 2.75) is 13.5 Å². The second kappa shape index (κ2) is 4.23. The van der Waals surface area contributed by atoms with Gasteiger partial charge in [-0.1, -0.05) is 0 Å². The number of nitrogens with zero attached hydrogens (tertiary/aromatic N) is 3. The molecule has 78 valence electrons. The molecule has 0 fully saturated rings. The van der Waals surface area contributed by atoms with Crippen LogP contribution >= 0.6 is 0 Å². The van der Waals surface area contributed by atoms with Crippen LogP contribution in [0.4, 0.5) is 0 Å². The van der Waals surface area contributed by atoms with Crippen molar-refractivity contribution in [2.24, 2.45) is 0 Å². The first-order valence-corrected chi connectivity index (χ1v) is 4.90. The average molecular weight is 202 g/mol. The van der Waals surface area contributed by atoms with Crippen LogP contribution in [-0.4, -0.2) is 21.6 Å². The minimum atomic E-state index is 0.852. The van der Waals surface area contributed by atoms with E-state index in [1.165, 1.54) is 5.56 Å². The van der Waals surface area contributed by atoms with Gasteiger partial charge in [0.2, 0.25) is 0 Å². The molecule has 0 atom stereocenters. The van der Waals surface area contributed by atoms with Gasteiger partial charge in [0.1, 0.15) is 12.1 Å². The van der Waals surface area contributed by atoms with Crippen molar-refractivity contribution < 1.29 is 0 Å². The first-order chi connectivity index (χ1) is 7.29. The van der Waals surface area contributed by atoms with E-state index in [9.17, 15) is 0 Å². The van der Waals surface area contributed by atoms with Gasteiger partial charge in [0, 0.05) is 24.6 Å². The number of hydrogen-bond donors (Lipinski definition) is 1. The lowest BCUT2D eigenvalue weighted by atomic mass is 10.2. The third-order valence-corrected chi connectivity index (χ3v) is 2.15. The summed E-state index contributed by atoms with van der Waals surface area (Å²) in [6, 6.07) is 4.14. The number of aryl methyl sites for hydroxylation is 1. The minimum absolute atomic E-state index is 0.852. The smallest absolute Gasteiger partial charge is 0.138 e. The number of nitrogens with one attached hydrogen (secondary N) is 1. The topological polar surface area (TPSA) is 42.7 Å².